The minimum absolute atomic E-state index is 0.224. The predicted molar refractivity (Wildman–Crippen MR) is 84.0 cm³/mol. The smallest absolute Gasteiger partial charge is 0.241 e. The molecule has 1 amide bonds. The van der Waals surface area contributed by atoms with Crippen LogP contribution in [0.25, 0.3) is 0 Å². The fourth-order valence-corrected chi connectivity index (χ4v) is 2.97. The lowest BCUT2D eigenvalue weighted by Crippen LogP contribution is -2.42. The van der Waals surface area contributed by atoms with E-state index in [0.29, 0.717) is 12.5 Å². The molecule has 0 radical (unpaired) electrons. The topological polar surface area (TPSA) is 32.3 Å². The highest BCUT2D eigenvalue weighted by molar-refractivity contribution is 5.81. The molecule has 0 bridgehead atoms. The monoisotopic (exact) mass is 274 g/mol. The number of likely N-dealkylation sites (tertiary alicyclic amines) is 1. The van der Waals surface area contributed by atoms with E-state index < -0.39 is 0 Å². The molecule has 20 heavy (non-hydrogen) atoms. The fraction of sp³-hybridized carbons (Fsp3) is 0.588. The zero-order valence-electron chi connectivity index (χ0n) is 12.9. The molecule has 0 spiro atoms. The molecule has 3 nitrogen and oxygen atoms in total. The highest BCUT2D eigenvalue weighted by Crippen LogP contribution is 2.21. The summed E-state index contributed by atoms with van der Waals surface area (Å²) in [6, 6.07) is 6.30. The van der Waals surface area contributed by atoms with Crippen LogP contribution in [0, 0.1) is 12.8 Å². The molecule has 0 aliphatic carbocycles. The number of anilines is 1. The number of carbonyl (C=O) groups is 1. The molecule has 1 aromatic carbocycles. The van der Waals surface area contributed by atoms with Crippen LogP contribution in [0.4, 0.5) is 5.69 Å². The average Bonchev–Trinajstić information content (AvgIpc) is 2.45. The van der Waals surface area contributed by atoms with Gasteiger partial charge in [0.05, 0.1) is 6.54 Å². The highest BCUT2D eigenvalue weighted by Gasteiger charge is 2.20. The van der Waals surface area contributed by atoms with Crippen LogP contribution in [0.3, 0.4) is 0 Å². The first kappa shape index (κ1) is 14.9. The van der Waals surface area contributed by atoms with E-state index in [1.165, 1.54) is 17.5 Å². The molecule has 1 heterocycles. The predicted octanol–water partition coefficient (Wildman–Crippen LogP) is 3.23. The average molecular weight is 274 g/mol. The first-order valence-corrected chi connectivity index (χ1v) is 7.72. The summed E-state index contributed by atoms with van der Waals surface area (Å²) in [5.41, 5.74) is 3.63. The zero-order valence-corrected chi connectivity index (χ0v) is 12.9. The Kier molecular flexibility index (Phi) is 5.05. The summed E-state index contributed by atoms with van der Waals surface area (Å²) in [6.07, 6.45) is 3.37. The van der Waals surface area contributed by atoms with Crippen LogP contribution < -0.4 is 5.32 Å². The first-order valence-electron chi connectivity index (χ1n) is 7.72. The normalized spacial score (nSPS) is 18.9. The van der Waals surface area contributed by atoms with E-state index in [1.807, 2.05) is 4.90 Å². The molecular weight excluding hydrogens is 248 g/mol. The number of amides is 1. The van der Waals surface area contributed by atoms with Crippen LogP contribution in [0.1, 0.15) is 37.8 Å². The van der Waals surface area contributed by atoms with Crippen molar-refractivity contribution in [3.63, 3.8) is 0 Å². The van der Waals surface area contributed by atoms with Gasteiger partial charge in [0.15, 0.2) is 0 Å². The van der Waals surface area contributed by atoms with Crippen LogP contribution in [0.5, 0.6) is 0 Å². The van der Waals surface area contributed by atoms with Gasteiger partial charge in [-0.2, -0.15) is 0 Å². The van der Waals surface area contributed by atoms with Crippen molar-refractivity contribution in [2.75, 3.05) is 25.0 Å². The van der Waals surface area contributed by atoms with Crippen molar-refractivity contribution in [3.8, 4) is 0 Å². The molecule has 1 aromatic rings. The van der Waals surface area contributed by atoms with Gasteiger partial charge in [-0.25, -0.2) is 0 Å². The summed E-state index contributed by atoms with van der Waals surface area (Å²) in [4.78, 5) is 14.3. The van der Waals surface area contributed by atoms with Gasteiger partial charge in [0, 0.05) is 18.8 Å². The number of carbonyl (C=O) groups excluding carboxylic acids is 1. The van der Waals surface area contributed by atoms with E-state index in [0.717, 1.165) is 31.6 Å². The Bertz CT molecular complexity index is 470. The third kappa shape index (κ3) is 3.53. The lowest BCUT2D eigenvalue weighted by molar-refractivity contribution is -0.130. The van der Waals surface area contributed by atoms with Gasteiger partial charge < -0.3 is 10.2 Å². The second kappa shape index (κ2) is 6.78. The molecule has 1 aliphatic rings. The molecule has 1 saturated heterocycles. The number of para-hydroxylation sites is 1. The van der Waals surface area contributed by atoms with Crippen molar-refractivity contribution in [2.45, 2.75) is 40.0 Å². The highest BCUT2D eigenvalue weighted by atomic mass is 16.2. The Balaban J connectivity index is 1.96. The lowest BCUT2D eigenvalue weighted by atomic mass is 10.0. The first-order chi connectivity index (χ1) is 9.61. The summed E-state index contributed by atoms with van der Waals surface area (Å²) in [6.45, 7) is 8.70. The van der Waals surface area contributed by atoms with Gasteiger partial charge in [-0.05, 0) is 43.2 Å². The molecule has 2 rings (SSSR count). The number of hydrogen-bond acceptors (Lipinski definition) is 2. The van der Waals surface area contributed by atoms with E-state index in [4.69, 9.17) is 0 Å². The summed E-state index contributed by atoms with van der Waals surface area (Å²) >= 11 is 0. The molecule has 110 valence electrons. The van der Waals surface area contributed by atoms with Gasteiger partial charge in [0.25, 0.3) is 0 Å². The summed E-state index contributed by atoms with van der Waals surface area (Å²) in [7, 11) is 0. The minimum Gasteiger partial charge on any atom is -0.376 e. The lowest BCUT2D eigenvalue weighted by Gasteiger charge is -2.31. The van der Waals surface area contributed by atoms with Gasteiger partial charge in [-0.1, -0.05) is 32.0 Å². The SMILES string of the molecule is CCc1cccc(C)c1NCC(=O)N1CCCC(C)C1. The molecule has 1 N–H and O–H groups in total. The van der Waals surface area contributed by atoms with Crippen molar-refractivity contribution in [2.24, 2.45) is 5.92 Å². The largest absolute Gasteiger partial charge is 0.376 e. The second-order valence-electron chi connectivity index (χ2n) is 5.90. The Morgan fingerprint density at radius 2 is 2.25 bits per heavy atom. The molecular formula is C17H26N2O. The van der Waals surface area contributed by atoms with Crippen LogP contribution in [-0.2, 0) is 11.2 Å². The van der Waals surface area contributed by atoms with Crippen molar-refractivity contribution in [3.05, 3.63) is 29.3 Å². The van der Waals surface area contributed by atoms with Crippen molar-refractivity contribution < 1.29 is 4.79 Å². The molecule has 0 aromatic heterocycles. The Morgan fingerprint density at radius 3 is 2.95 bits per heavy atom. The van der Waals surface area contributed by atoms with E-state index in [9.17, 15) is 4.79 Å². The van der Waals surface area contributed by atoms with Crippen molar-refractivity contribution in [1.82, 2.24) is 4.90 Å². The molecule has 3 heteroatoms. The summed E-state index contributed by atoms with van der Waals surface area (Å²) < 4.78 is 0. The number of rotatable bonds is 4. The van der Waals surface area contributed by atoms with E-state index in [1.54, 1.807) is 0 Å². The molecule has 1 aliphatic heterocycles. The van der Waals surface area contributed by atoms with Crippen molar-refractivity contribution >= 4 is 11.6 Å². The maximum absolute atomic E-state index is 12.3. The standard InChI is InChI=1S/C17H26N2O/c1-4-15-9-5-8-14(3)17(15)18-11-16(20)19-10-6-7-13(2)12-19/h5,8-9,13,18H,4,6-7,10-12H2,1-3H3. The van der Waals surface area contributed by atoms with Crippen molar-refractivity contribution in [1.29, 1.82) is 0 Å². The third-order valence-corrected chi connectivity index (χ3v) is 4.17. The number of hydrogen-bond donors (Lipinski definition) is 1. The molecule has 1 unspecified atom stereocenters. The number of nitrogens with one attached hydrogen (secondary N) is 1. The van der Waals surface area contributed by atoms with Gasteiger partial charge in [0.1, 0.15) is 0 Å². The Hall–Kier alpha value is -1.51. The Labute approximate surface area is 122 Å². The molecule has 1 atom stereocenters. The maximum atomic E-state index is 12.3. The van der Waals surface area contributed by atoms with E-state index >= 15 is 0 Å². The third-order valence-electron chi connectivity index (χ3n) is 4.17. The second-order valence-corrected chi connectivity index (χ2v) is 5.90. The fourth-order valence-electron chi connectivity index (χ4n) is 2.97. The minimum atomic E-state index is 0.224. The van der Waals surface area contributed by atoms with Crippen LogP contribution in [0.2, 0.25) is 0 Å². The van der Waals surface area contributed by atoms with Gasteiger partial charge >= 0.3 is 0 Å². The number of benzene rings is 1. The van der Waals surface area contributed by atoms with Gasteiger partial charge in [-0.15, -0.1) is 0 Å². The maximum Gasteiger partial charge on any atom is 0.241 e. The number of nitrogens with zero attached hydrogens (tertiary/aromatic N) is 1. The van der Waals surface area contributed by atoms with Gasteiger partial charge in [-0.3, -0.25) is 4.79 Å². The quantitative estimate of drug-likeness (QED) is 0.914. The molecule has 0 saturated carbocycles. The van der Waals surface area contributed by atoms with Crippen LogP contribution in [-0.4, -0.2) is 30.4 Å². The number of piperidine rings is 1. The molecule has 1 fully saturated rings. The zero-order chi connectivity index (χ0) is 14.5. The summed E-state index contributed by atoms with van der Waals surface area (Å²) in [5, 5.41) is 3.35. The number of aryl methyl sites for hydroxylation is 2. The van der Waals surface area contributed by atoms with E-state index in [-0.39, 0.29) is 5.91 Å². The van der Waals surface area contributed by atoms with Crippen LogP contribution >= 0.6 is 0 Å². The van der Waals surface area contributed by atoms with Crippen LogP contribution in [0.15, 0.2) is 18.2 Å². The Morgan fingerprint density at radius 1 is 1.45 bits per heavy atom. The summed E-state index contributed by atoms with van der Waals surface area (Å²) in [5.74, 6) is 0.860. The van der Waals surface area contributed by atoms with E-state index in [2.05, 4.69) is 44.3 Å². The van der Waals surface area contributed by atoms with Gasteiger partial charge in [0.2, 0.25) is 5.91 Å².